The average molecular weight is 421 g/mol. The standard InChI is InChI=1S/C21H19N5O3S/c1-14-12-15(2)19-18(13-14)30-21(23-19)25(11-10-24-9-3-8-22-24)20(27)16-4-6-17(7-5-16)26(28)29/h3-9,12-13H,10-11H2,1-2H3. The number of fused-ring (bicyclic) bond motifs is 1. The van der Waals surface area contributed by atoms with Crippen LogP contribution in [-0.4, -0.2) is 32.1 Å². The van der Waals surface area contributed by atoms with Crippen LogP contribution in [0.5, 0.6) is 0 Å². The summed E-state index contributed by atoms with van der Waals surface area (Å²) in [7, 11) is 0. The number of hydrogen-bond acceptors (Lipinski definition) is 6. The zero-order valence-electron chi connectivity index (χ0n) is 16.5. The Morgan fingerprint density at radius 3 is 2.67 bits per heavy atom. The van der Waals surface area contributed by atoms with Gasteiger partial charge < -0.3 is 0 Å². The zero-order valence-corrected chi connectivity index (χ0v) is 17.3. The highest BCUT2D eigenvalue weighted by Crippen LogP contribution is 2.32. The fourth-order valence-electron chi connectivity index (χ4n) is 3.28. The van der Waals surface area contributed by atoms with Crippen molar-refractivity contribution in [3.63, 3.8) is 0 Å². The quantitative estimate of drug-likeness (QED) is 0.340. The number of nitro groups is 1. The van der Waals surface area contributed by atoms with E-state index in [2.05, 4.69) is 17.2 Å². The number of non-ortho nitro benzene ring substituents is 1. The highest BCUT2D eigenvalue weighted by Gasteiger charge is 2.22. The Kier molecular flexibility index (Phi) is 5.28. The minimum atomic E-state index is -0.484. The lowest BCUT2D eigenvalue weighted by Crippen LogP contribution is -2.34. The molecule has 4 aromatic rings. The van der Waals surface area contributed by atoms with E-state index < -0.39 is 4.92 Å². The minimum absolute atomic E-state index is 0.0549. The van der Waals surface area contributed by atoms with Crippen LogP contribution in [0.25, 0.3) is 10.2 Å². The van der Waals surface area contributed by atoms with E-state index in [1.54, 1.807) is 15.8 Å². The second-order valence-corrected chi connectivity index (χ2v) is 7.96. The third-order valence-electron chi connectivity index (χ3n) is 4.73. The van der Waals surface area contributed by atoms with Gasteiger partial charge in [-0.05, 0) is 49.2 Å². The number of aryl methyl sites for hydroxylation is 2. The van der Waals surface area contributed by atoms with Crippen LogP contribution in [0.3, 0.4) is 0 Å². The van der Waals surface area contributed by atoms with E-state index in [4.69, 9.17) is 4.98 Å². The van der Waals surface area contributed by atoms with Gasteiger partial charge in [0.15, 0.2) is 5.13 Å². The summed E-state index contributed by atoms with van der Waals surface area (Å²) in [6, 6.07) is 11.6. The molecule has 0 bridgehead atoms. The van der Waals surface area contributed by atoms with Gasteiger partial charge in [0, 0.05) is 36.6 Å². The molecule has 0 radical (unpaired) electrons. The van der Waals surface area contributed by atoms with E-state index in [1.807, 2.05) is 26.1 Å². The molecule has 0 aliphatic heterocycles. The van der Waals surface area contributed by atoms with Gasteiger partial charge in [0.25, 0.3) is 11.6 Å². The zero-order chi connectivity index (χ0) is 21.3. The second kappa shape index (κ2) is 8.03. The fourth-order valence-corrected chi connectivity index (χ4v) is 4.44. The molecule has 0 aliphatic rings. The molecule has 2 heterocycles. The predicted octanol–water partition coefficient (Wildman–Crippen LogP) is 4.36. The summed E-state index contributed by atoms with van der Waals surface area (Å²) in [5.41, 5.74) is 3.39. The lowest BCUT2D eigenvalue weighted by molar-refractivity contribution is -0.384. The first-order chi connectivity index (χ1) is 14.4. The molecule has 30 heavy (non-hydrogen) atoms. The maximum Gasteiger partial charge on any atom is 0.269 e. The SMILES string of the molecule is Cc1cc(C)c2nc(N(CCn3cccn3)C(=O)c3ccc([N+](=O)[O-])cc3)sc2c1. The summed E-state index contributed by atoms with van der Waals surface area (Å²) in [5, 5.41) is 15.7. The molecule has 0 saturated carbocycles. The molecule has 0 aliphatic carbocycles. The lowest BCUT2D eigenvalue weighted by Gasteiger charge is -2.20. The molecule has 9 heteroatoms. The van der Waals surface area contributed by atoms with Crippen molar-refractivity contribution in [1.82, 2.24) is 14.8 Å². The molecule has 1 amide bonds. The molecule has 152 valence electrons. The maximum atomic E-state index is 13.3. The number of thiazole rings is 1. The van der Waals surface area contributed by atoms with Crippen LogP contribution in [0.2, 0.25) is 0 Å². The summed E-state index contributed by atoms with van der Waals surface area (Å²) < 4.78 is 2.77. The van der Waals surface area contributed by atoms with Gasteiger partial charge in [-0.1, -0.05) is 17.4 Å². The number of benzene rings is 2. The van der Waals surface area contributed by atoms with Gasteiger partial charge in [0.1, 0.15) is 0 Å². The number of rotatable bonds is 6. The molecule has 0 N–H and O–H groups in total. The number of aromatic nitrogens is 3. The molecule has 0 fully saturated rings. The molecule has 4 rings (SSSR count). The van der Waals surface area contributed by atoms with Gasteiger partial charge in [-0.2, -0.15) is 5.10 Å². The maximum absolute atomic E-state index is 13.3. The monoisotopic (exact) mass is 421 g/mol. The molecule has 0 saturated heterocycles. The van der Waals surface area contributed by atoms with Crippen molar-refractivity contribution < 1.29 is 9.72 Å². The van der Waals surface area contributed by atoms with Gasteiger partial charge in [0.05, 0.1) is 21.7 Å². The number of carbonyl (C=O) groups is 1. The van der Waals surface area contributed by atoms with Gasteiger partial charge in [-0.15, -0.1) is 0 Å². The predicted molar refractivity (Wildman–Crippen MR) is 116 cm³/mol. The van der Waals surface area contributed by atoms with Gasteiger partial charge >= 0.3 is 0 Å². The topological polar surface area (TPSA) is 94.2 Å². The largest absolute Gasteiger partial charge is 0.282 e. The molecule has 0 spiro atoms. The highest BCUT2D eigenvalue weighted by atomic mass is 32.1. The van der Waals surface area contributed by atoms with Crippen molar-refractivity contribution in [2.75, 3.05) is 11.4 Å². The first kappa shape index (κ1) is 19.7. The van der Waals surface area contributed by atoms with Crippen molar-refractivity contribution in [3.8, 4) is 0 Å². The summed E-state index contributed by atoms with van der Waals surface area (Å²) in [6.07, 6.45) is 3.52. The molecule has 2 aromatic carbocycles. The van der Waals surface area contributed by atoms with E-state index in [0.717, 1.165) is 21.3 Å². The number of nitro benzene ring substituents is 1. The summed E-state index contributed by atoms with van der Waals surface area (Å²) in [6.45, 7) is 4.91. The number of nitrogens with zero attached hydrogens (tertiary/aromatic N) is 5. The fraction of sp³-hybridized carbons (Fsp3) is 0.190. The van der Waals surface area contributed by atoms with Crippen LogP contribution >= 0.6 is 11.3 Å². The molecule has 8 nitrogen and oxygen atoms in total. The van der Waals surface area contributed by atoms with Crippen molar-refractivity contribution in [2.24, 2.45) is 0 Å². The van der Waals surface area contributed by atoms with E-state index >= 15 is 0 Å². The summed E-state index contributed by atoms with van der Waals surface area (Å²) in [5.74, 6) is -0.259. The minimum Gasteiger partial charge on any atom is -0.282 e. The van der Waals surface area contributed by atoms with E-state index in [9.17, 15) is 14.9 Å². The van der Waals surface area contributed by atoms with Crippen LogP contribution in [0.1, 0.15) is 21.5 Å². The first-order valence-electron chi connectivity index (χ1n) is 9.34. The smallest absolute Gasteiger partial charge is 0.269 e. The lowest BCUT2D eigenvalue weighted by atomic mass is 10.1. The summed E-state index contributed by atoms with van der Waals surface area (Å²) in [4.78, 5) is 30.1. The number of anilines is 1. The van der Waals surface area contributed by atoms with Crippen molar-refractivity contribution in [2.45, 2.75) is 20.4 Å². The molecule has 0 unspecified atom stereocenters. The average Bonchev–Trinajstić information content (AvgIpc) is 3.38. The van der Waals surface area contributed by atoms with Crippen molar-refractivity contribution >= 4 is 38.3 Å². The van der Waals surface area contributed by atoms with Gasteiger partial charge in [0.2, 0.25) is 0 Å². The normalized spacial score (nSPS) is 11.0. The molecule has 2 aromatic heterocycles. The highest BCUT2D eigenvalue weighted by molar-refractivity contribution is 7.22. The Bertz CT molecular complexity index is 1220. The molecular weight excluding hydrogens is 402 g/mol. The van der Waals surface area contributed by atoms with Gasteiger partial charge in [-0.3, -0.25) is 24.5 Å². The van der Waals surface area contributed by atoms with Crippen LogP contribution in [-0.2, 0) is 6.54 Å². The Balaban J connectivity index is 1.71. The second-order valence-electron chi connectivity index (χ2n) is 6.95. The Morgan fingerprint density at radius 2 is 2.00 bits per heavy atom. The summed E-state index contributed by atoms with van der Waals surface area (Å²) >= 11 is 1.46. The number of amides is 1. The van der Waals surface area contributed by atoms with Crippen LogP contribution in [0.15, 0.2) is 54.9 Å². The molecular formula is C21H19N5O3S. The van der Waals surface area contributed by atoms with Crippen molar-refractivity contribution in [1.29, 1.82) is 0 Å². The van der Waals surface area contributed by atoms with Crippen molar-refractivity contribution in [3.05, 3.63) is 81.7 Å². The van der Waals surface area contributed by atoms with Crippen LogP contribution < -0.4 is 4.90 Å². The first-order valence-corrected chi connectivity index (χ1v) is 10.2. The van der Waals surface area contributed by atoms with Gasteiger partial charge in [-0.25, -0.2) is 4.98 Å². The molecule has 0 atom stereocenters. The Hall–Kier alpha value is -3.59. The van der Waals surface area contributed by atoms with E-state index in [-0.39, 0.29) is 11.6 Å². The third kappa shape index (κ3) is 3.92. The third-order valence-corrected chi connectivity index (χ3v) is 5.76. The Labute approximate surface area is 176 Å². The van der Waals surface area contributed by atoms with E-state index in [0.29, 0.717) is 23.8 Å². The number of carbonyl (C=O) groups excluding carboxylic acids is 1. The Morgan fingerprint density at radius 1 is 1.23 bits per heavy atom. The van der Waals surface area contributed by atoms with Crippen LogP contribution in [0.4, 0.5) is 10.8 Å². The van der Waals surface area contributed by atoms with Crippen LogP contribution in [0, 0.1) is 24.0 Å². The van der Waals surface area contributed by atoms with E-state index in [1.165, 1.54) is 35.6 Å². The number of hydrogen-bond donors (Lipinski definition) is 0.